The van der Waals surface area contributed by atoms with Crippen molar-refractivity contribution in [2.45, 2.75) is 19.3 Å². The predicted molar refractivity (Wildman–Crippen MR) is 297 cm³/mol. The quantitative estimate of drug-likeness (QED) is 0.143. The molecule has 0 aliphatic carbocycles. The van der Waals surface area contributed by atoms with Crippen LogP contribution in [0.1, 0.15) is 25.0 Å². The van der Waals surface area contributed by atoms with Crippen molar-refractivity contribution in [2.75, 3.05) is 15.5 Å². The monoisotopic (exact) mass is 897 g/mol. The van der Waals surface area contributed by atoms with E-state index >= 15 is 0 Å². The minimum atomic E-state index is -0.374. The Morgan fingerprint density at radius 3 is 1.10 bits per heavy atom. The molecule has 1 aliphatic rings. The van der Waals surface area contributed by atoms with Crippen LogP contribution in [0.15, 0.2) is 261 Å². The van der Waals surface area contributed by atoms with E-state index in [4.69, 9.17) is 0 Å². The van der Waals surface area contributed by atoms with Crippen LogP contribution < -0.4 is 15.5 Å². The minimum absolute atomic E-state index is 0.374. The molecule has 0 radical (unpaired) electrons. The Kier molecular flexibility index (Phi) is 10.9. The third-order valence-corrected chi connectivity index (χ3v) is 14.0. The zero-order chi connectivity index (χ0) is 47.0. The zero-order valence-electron chi connectivity index (χ0n) is 39.3. The van der Waals surface area contributed by atoms with Gasteiger partial charge in [-0.25, -0.2) is 0 Å². The van der Waals surface area contributed by atoms with Crippen molar-refractivity contribution in [3.8, 4) is 55.6 Å². The molecule has 0 amide bonds. The van der Waals surface area contributed by atoms with Crippen molar-refractivity contribution in [2.24, 2.45) is 0 Å². The van der Waals surface area contributed by atoms with Gasteiger partial charge in [0.1, 0.15) is 0 Å². The van der Waals surface area contributed by atoms with Gasteiger partial charge >= 0.3 is 0 Å². The number of hydrogen-bond donors (Lipinski definition) is 2. The zero-order valence-corrected chi connectivity index (χ0v) is 39.3. The molecular formula is C67H51N3. The van der Waals surface area contributed by atoms with Crippen molar-refractivity contribution >= 4 is 50.6 Å². The van der Waals surface area contributed by atoms with Crippen molar-refractivity contribution in [1.82, 2.24) is 0 Å². The Balaban J connectivity index is 1.03. The summed E-state index contributed by atoms with van der Waals surface area (Å²) in [6.45, 7) is 4.80. The van der Waals surface area contributed by atoms with Crippen LogP contribution in [0, 0.1) is 0 Å². The molecule has 0 saturated heterocycles. The first kappa shape index (κ1) is 42.4. The van der Waals surface area contributed by atoms with Gasteiger partial charge in [-0.3, -0.25) is 0 Å². The summed E-state index contributed by atoms with van der Waals surface area (Å²) in [5.74, 6) is 0. The molecule has 3 heteroatoms. The summed E-state index contributed by atoms with van der Waals surface area (Å²) in [6, 6.07) is 94.4. The maximum atomic E-state index is 3.71. The second-order valence-corrected chi connectivity index (χ2v) is 18.7. The van der Waals surface area contributed by atoms with Crippen LogP contribution >= 0.6 is 0 Å². The third kappa shape index (κ3) is 7.88. The fourth-order valence-electron chi connectivity index (χ4n) is 10.4. The number of rotatable bonds is 10. The SMILES string of the molecule is CC1(C)c2cc(-c3ccc(Nc4ccccc4)c(-c4ccccc4)c3)ccc2N(c2ccc(-c3ccccc3)c3ccccc23)c2ccc(-c3ccc(Nc4ccccc4)c(-c4ccccc4)c3)cc21. The molecule has 0 aromatic heterocycles. The second-order valence-electron chi connectivity index (χ2n) is 18.7. The fraction of sp³-hybridized carbons (Fsp3) is 0.0448. The van der Waals surface area contributed by atoms with Crippen molar-refractivity contribution in [3.05, 3.63) is 272 Å². The maximum Gasteiger partial charge on any atom is 0.0540 e. The lowest BCUT2D eigenvalue weighted by Gasteiger charge is -2.43. The highest BCUT2D eigenvalue weighted by Gasteiger charge is 2.38. The third-order valence-electron chi connectivity index (χ3n) is 14.0. The topological polar surface area (TPSA) is 27.3 Å². The van der Waals surface area contributed by atoms with Gasteiger partial charge in [0, 0.05) is 44.7 Å². The molecule has 0 fully saturated rings. The van der Waals surface area contributed by atoms with Crippen molar-refractivity contribution in [3.63, 3.8) is 0 Å². The first-order valence-electron chi connectivity index (χ1n) is 24.2. The van der Waals surface area contributed by atoms with E-state index in [1.807, 2.05) is 0 Å². The van der Waals surface area contributed by atoms with Crippen molar-refractivity contribution in [1.29, 1.82) is 0 Å². The maximum absolute atomic E-state index is 3.71. The van der Waals surface area contributed by atoms with E-state index in [0.29, 0.717) is 0 Å². The van der Waals surface area contributed by atoms with Gasteiger partial charge in [0.15, 0.2) is 0 Å². The predicted octanol–water partition coefficient (Wildman–Crippen LogP) is 18.8. The Morgan fingerprint density at radius 2 is 0.643 bits per heavy atom. The normalized spacial score (nSPS) is 12.5. The van der Waals surface area contributed by atoms with Gasteiger partial charge in [0.25, 0.3) is 0 Å². The largest absolute Gasteiger partial charge is 0.355 e. The van der Waals surface area contributed by atoms with Gasteiger partial charge < -0.3 is 15.5 Å². The summed E-state index contributed by atoms with van der Waals surface area (Å²) in [7, 11) is 0. The smallest absolute Gasteiger partial charge is 0.0540 e. The standard InChI is InChI=1S/C67H51N3/c1-67(2)60-44-51(49-32-37-62(68-53-26-14-6-15-27-53)58(42-49)47-22-10-4-11-23-47)34-39-65(60)70(64-41-36-55(46-20-8-3-9-21-46)56-30-18-19-31-57(56)64)66-40-35-52(45-61(66)67)50-33-38-63(69-54-28-16-7-17-29-54)59(43-50)48-24-12-5-13-25-48/h3-45,68-69H,1-2H3. The molecule has 0 atom stereocenters. The fourth-order valence-corrected chi connectivity index (χ4v) is 10.4. The molecule has 1 heterocycles. The van der Waals surface area contributed by atoms with Crippen LogP contribution in [-0.4, -0.2) is 0 Å². The number of benzene rings is 11. The van der Waals surface area contributed by atoms with Gasteiger partial charge in [-0.1, -0.05) is 196 Å². The molecule has 12 rings (SSSR count). The summed E-state index contributed by atoms with van der Waals surface area (Å²) in [5.41, 5.74) is 21.7. The Labute approximate surface area is 411 Å². The van der Waals surface area contributed by atoms with E-state index in [1.165, 1.54) is 66.7 Å². The second kappa shape index (κ2) is 18.0. The van der Waals surface area contributed by atoms with Crippen LogP contribution in [0.5, 0.6) is 0 Å². The van der Waals surface area contributed by atoms with Crippen LogP contribution in [-0.2, 0) is 5.41 Å². The molecule has 11 aromatic rings. The minimum Gasteiger partial charge on any atom is -0.355 e. The highest BCUT2D eigenvalue weighted by atomic mass is 15.2. The lowest BCUT2D eigenvalue weighted by molar-refractivity contribution is 0.632. The van der Waals surface area contributed by atoms with E-state index in [-0.39, 0.29) is 5.41 Å². The number of fused-ring (bicyclic) bond motifs is 3. The molecule has 0 spiro atoms. The average Bonchev–Trinajstić information content (AvgIpc) is 3.42. The summed E-state index contributed by atoms with van der Waals surface area (Å²) in [4.78, 5) is 2.52. The molecule has 2 N–H and O–H groups in total. The Morgan fingerprint density at radius 1 is 0.286 bits per heavy atom. The summed E-state index contributed by atoms with van der Waals surface area (Å²) in [6.07, 6.45) is 0. The molecular weight excluding hydrogens is 847 g/mol. The Hall–Kier alpha value is -8.92. The number of hydrogen-bond acceptors (Lipinski definition) is 3. The van der Waals surface area contributed by atoms with Crippen molar-refractivity contribution < 1.29 is 0 Å². The molecule has 0 saturated carbocycles. The highest BCUT2D eigenvalue weighted by molar-refractivity contribution is 6.07. The van der Waals surface area contributed by atoms with Crippen LogP contribution in [0.2, 0.25) is 0 Å². The van der Waals surface area contributed by atoms with E-state index < -0.39 is 0 Å². The van der Waals surface area contributed by atoms with Gasteiger partial charge in [-0.15, -0.1) is 0 Å². The molecule has 1 aliphatic heterocycles. The average molecular weight is 898 g/mol. The van der Waals surface area contributed by atoms with E-state index in [9.17, 15) is 0 Å². The Bertz CT molecular complexity index is 3480. The van der Waals surface area contributed by atoms with E-state index in [1.54, 1.807) is 0 Å². The van der Waals surface area contributed by atoms with Crippen LogP contribution in [0.4, 0.5) is 39.8 Å². The molecule has 0 bridgehead atoms. The number of nitrogens with one attached hydrogen (secondary N) is 2. The van der Waals surface area contributed by atoms with Crippen LogP contribution in [0.3, 0.4) is 0 Å². The summed E-state index contributed by atoms with van der Waals surface area (Å²) in [5, 5.41) is 9.85. The summed E-state index contributed by atoms with van der Waals surface area (Å²) >= 11 is 0. The molecule has 0 unspecified atom stereocenters. The van der Waals surface area contributed by atoms with Gasteiger partial charge in [-0.05, 0) is 140 Å². The lowest BCUT2D eigenvalue weighted by Crippen LogP contribution is -2.31. The van der Waals surface area contributed by atoms with E-state index in [2.05, 4.69) is 290 Å². The number of anilines is 7. The van der Waals surface area contributed by atoms with E-state index in [0.717, 1.165) is 50.7 Å². The van der Waals surface area contributed by atoms with Crippen LogP contribution in [0.25, 0.3) is 66.4 Å². The number of nitrogens with zero attached hydrogens (tertiary/aromatic N) is 1. The molecule has 70 heavy (non-hydrogen) atoms. The summed E-state index contributed by atoms with van der Waals surface area (Å²) < 4.78 is 0. The number of para-hydroxylation sites is 2. The molecule has 11 aromatic carbocycles. The van der Waals surface area contributed by atoms with Gasteiger partial charge in [0.2, 0.25) is 0 Å². The molecule has 3 nitrogen and oxygen atoms in total. The highest BCUT2D eigenvalue weighted by Crippen LogP contribution is 2.55. The first-order chi connectivity index (χ1) is 34.5. The molecule has 334 valence electrons. The van der Waals surface area contributed by atoms with Gasteiger partial charge in [-0.2, -0.15) is 0 Å². The van der Waals surface area contributed by atoms with Gasteiger partial charge in [0.05, 0.1) is 17.1 Å². The lowest BCUT2D eigenvalue weighted by atomic mass is 9.72. The first-order valence-corrected chi connectivity index (χ1v) is 24.2.